The minimum absolute atomic E-state index is 0.0619. The summed E-state index contributed by atoms with van der Waals surface area (Å²) in [4.78, 5) is 23.0. The number of hydrogen-bond acceptors (Lipinski definition) is 4. The monoisotopic (exact) mass is 397 g/mol. The van der Waals surface area contributed by atoms with E-state index in [1.54, 1.807) is 13.2 Å². The van der Waals surface area contributed by atoms with Crippen molar-refractivity contribution in [3.63, 3.8) is 0 Å². The molecule has 0 bridgehead atoms. The lowest BCUT2D eigenvalue weighted by Crippen LogP contribution is -2.38. The average Bonchev–Trinajstić information content (AvgIpc) is 3.34. The minimum Gasteiger partial charge on any atom is -0.443 e. The summed E-state index contributed by atoms with van der Waals surface area (Å²) in [6.07, 6.45) is 3.96. The van der Waals surface area contributed by atoms with Gasteiger partial charge in [-0.15, -0.1) is 0 Å². The highest BCUT2D eigenvalue weighted by Crippen LogP contribution is 2.28. The van der Waals surface area contributed by atoms with E-state index in [2.05, 4.69) is 47.4 Å². The van der Waals surface area contributed by atoms with Gasteiger partial charge in [-0.3, -0.25) is 9.79 Å². The molecule has 7 heteroatoms. The Morgan fingerprint density at radius 2 is 2.07 bits per heavy atom. The Labute approximate surface area is 172 Å². The molecular weight excluding hydrogens is 366 g/mol. The molecule has 1 aromatic heterocycles. The van der Waals surface area contributed by atoms with E-state index in [9.17, 15) is 4.79 Å². The van der Waals surface area contributed by atoms with E-state index in [0.29, 0.717) is 31.4 Å². The topological polar surface area (TPSA) is 82.8 Å². The third kappa shape index (κ3) is 5.37. The van der Waals surface area contributed by atoms with Crippen molar-refractivity contribution in [2.45, 2.75) is 52.0 Å². The quantitative estimate of drug-likeness (QED) is 0.445. The molecule has 1 aliphatic heterocycles. The second-order valence-electron chi connectivity index (χ2n) is 8.25. The van der Waals surface area contributed by atoms with Crippen LogP contribution >= 0.6 is 0 Å². The van der Waals surface area contributed by atoms with E-state index in [1.165, 1.54) is 5.56 Å². The van der Waals surface area contributed by atoms with Crippen molar-refractivity contribution in [3.05, 3.63) is 47.7 Å². The number of fused-ring (bicyclic) bond motifs is 1. The van der Waals surface area contributed by atoms with Crippen LogP contribution in [0.3, 0.4) is 0 Å². The van der Waals surface area contributed by atoms with Gasteiger partial charge in [0.15, 0.2) is 5.96 Å². The molecule has 2 heterocycles. The zero-order valence-corrected chi connectivity index (χ0v) is 17.8. The van der Waals surface area contributed by atoms with Crippen LogP contribution < -0.4 is 15.5 Å². The van der Waals surface area contributed by atoms with E-state index in [4.69, 9.17) is 4.42 Å². The second kappa shape index (κ2) is 9.11. The van der Waals surface area contributed by atoms with Crippen molar-refractivity contribution in [3.8, 4) is 0 Å². The maximum Gasteiger partial charge on any atom is 0.227 e. The van der Waals surface area contributed by atoms with Crippen LogP contribution in [0.1, 0.15) is 50.8 Å². The van der Waals surface area contributed by atoms with Crippen molar-refractivity contribution in [2.24, 2.45) is 4.99 Å². The predicted octanol–water partition coefficient (Wildman–Crippen LogP) is 3.01. The summed E-state index contributed by atoms with van der Waals surface area (Å²) in [5.41, 5.74) is 2.25. The molecule has 0 atom stereocenters. The van der Waals surface area contributed by atoms with Crippen LogP contribution in [0, 0.1) is 0 Å². The number of benzene rings is 1. The van der Waals surface area contributed by atoms with Gasteiger partial charge >= 0.3 is 0 Å². The fourth-order valence-corrected chi connectivity index (χ4v) is 3.30. The van der Waals surface area contributed by atoms with Crippen molar-refractivity contribution >= 4 is 17.6 Å². The van der Waals surface area contributed by atoms with Gasteiger partial charge in [0.25, 0.3) is 0 Å². The molecular formula is C22H31N5O2. The van der Waals surface area contributed by atoms with Gasteiger partial charge in [0.05, 0.1) is 12.7 Å². The Bertz CT molecular complexity index is 866. The molecule has 2 N–H and O–H groups in total. The number of amides is 1. The third-order valence-corrected chi connectivity index (χ3v) is 4.97. The molecule has 0 unspecified atom stereocenters. The molecule has 0 spiro atoms. The van der Waals surface area contributed by atoms with Gasteiger partial charge in [0.1, 0.15) is 5.76 Å². The molecule has 0 aliphatic carbocycles. The lowest BCUT2D eigenvalue weighted by atomic mass is 9.94. The van der Waals surface area contributed by atoms with Crippen LogP contribution in [0.15, 0.2) is 39.9 Å². The Morgan fingerprint density at radius 3 is 2.79 bits per heavy atom. The van der Waals surface area contributed by atoms with Crippen LogP contribution in [-0.4, -0.2) is 37.0 Å². The molecule has 156 valence electrons. The lowest BCUT2D eigenvalue weighted by Gasteiger charge is -2.17. The third-order valence-electron chi connectivity index (χ3n) is 4.97. The van der Waals surface area contributed by atoms with Gasteiger partial charge < -0.3 is 20.0 Å². The maximum atomic E-state index is 12.5. The molecule has 2 aromatic rings. The first-order chi connectivity index (χ1) is 13.9. The number of aliphatic imine (C=N–C) groups is 1. The van der Waals surface area contributed by atoms with Crippen molar-refractivity contribution < 1.29 is 9.21 Å². The van der Waals surface area contributed by atoms with Crippen LogP contribution in [0.4, 0.5) is 5.69 Å². The van der Waals surface area contributed by atoms with Crippen LogP contribution in [0.2, 0.25) is 0 Å². The standard InChI is InChI=1S/C22H31N5O2/c1-22(2,3)18-14-25-19(29-18)15-26-21(23-4)24-12-7-10-20(28)27-13-11-16-8-5-6-9-17(16)27/h5-6,8-9,14H,7,10-13,15H2,1-4H3,(H2,23,24,26). The molecule has 0 saturated carbocycles. The summed E-state index contributed by atoms with van der Waals surface area (Å²) in [6.45, 7) is 8.17. The molecule has 3 rings (SSSR count). The Balaban J connectivity index is 1.39. The SMILES string of the molecule is CN=C(NCCCC(=O)N1CCc2ccccc21)NCc1ncc(C(C)(C)C)o1. The number of nitrogens with zero attached hydrogens (tertiary/aromatic N) is 3. The molecule has 0 saturated heterocycles. The lowest BCUT2D eigenvalue weighted by molar-refractivity contribution is -0.118. The number of guanidine groups is 1. The van der Waals surface area contributed by atoms with Gasteiger partial charge in [-0.1, -0.05) is 39.0 Å². The second-order valence-corrected chi connectivity index (χ2v) is 8.25. The first-order valence-electron chi connectivity index (χ1n) is 10.2. The van der Waals surface area contributed by atoms with E-state index in [0.717, 1.165) is 30.8 Å². The summed E-state index contributed by atoms with van der Waals surface area (Å²) in [5.74, 6) is 2.33. The maximum absolute atomic E-state index is 12.5. The first-order valence-corrected chi connectivity index (χ1v) is 10.2. The fourth-order valence-electron chi connectivity index (χ4n) is 3.30. The molecule has 1 amide bonds. The van der Waals surface area contributed by atoms with Crippen LogP contribution in [0.5, 0.6) is 0 Å². The Kier molecular flexibility index (Phi) is 6.56. The van der Waals surface area contributed by atoms with Gasteiger partial charge in [0.2, 0.25) is 11.8 Å². The molecule has 29 heavy (non-hydrogen) atoms. The van der Waals surface area contributed by atoms with Gasteiger partial charge in [0, 0.05) is 37.7 Å². The van der Waals surface area contributed by atoms with Gasteiger partial charge in [-0.25, -0.2) is 4.98 Å². The number of para-hydroxylation sites is 1. The van der Waals surface area contributed by atoms with E-state index < -0.39 is 0 Å². The number of hydrogen-bond donors (Lipinski definition) is 2. The number of oxazole rings is 1. The van der Waals surface area contributed by atoms with Crippen LogP contribution in [-0.2, 0) is 23.2 Å². The summed E-state index contributed by atoms with van der Waals surface area (Å²) < 4.78 is 5.78. The Morgan fingerprint density at radius 1 is 1.28 bits per heavy atom. The number of aromatic nitrogens is 1. The highest BCUT2D eigenvalue weighted by atomic mass is 16.4. The number of rotatable bonds is 6. The van der Waals surface area contributed by atoms with E-state index in [-0.39, 0.29) is 11.3 Å². The zero-order chi connectivity index (χ0) is 20.9. The average molecular weight is 398 g/mol. The molecule has 1 aliphatic rings. The van der Waals surface area contributed by atoms with Gasteiger partial charge in [-0.2, -0.15) is 0 Å². The number of nitrogens with one attached hydrogen (secondary N) is 2. The van der Waals surface area contributed by atoms with Gasteiger partial charge in [-0.05, 0) is 24.5 Å². The predicted molar refractivity (Wildman–Crippen MR) is 115 cm³/mol. The Hall–Kier alpha value is -2.83. The number of carbonyl (C=O) groups is 1. The number of carbonyl (C=O) groups excluding carboxylic acids is 1. The van der Waals surface area contributed by atoms with Crippen molar-refractivity contribution in [2.75, 3.05) is 25.0 Å². The van der Waals surface area contributed by atoms with Crippen molar-refractivity contribution in [1.29, 1.82) is 0 Å². The highest BCUT2D eigenvalue weighted by Gasteiger charge is 2.23. The smallest absolute Gasteiger partial charge is 0.227 e. The first kappa shape index (κ1) is 20.9. The summed E-state index contributed by atoms with van der Waals surface area (Å²) >= 11 is 0. The number of anilines is 1. The molecule has 7 nitrogen and oxygen atoms in total. The highest BCUT2D eigenvalue weighted by molar-refractivity contribution is 5.95. The zero-order valence-electron chi connectivity index (χ0n) is 17.8. The normalized spacial score (nSPS) is 14.1. The van der Waals surface area contributed by atoms with Crippen molar-refractivity contribution in [1.82, 2.24) is 15.6 Å². The summed E-state index contributed by atoms with van der Waals surface area (Å²) in [7, 11) is 1.72. The largest absolute Gasteiger partial charge is 0.443 e. The molecule has 1 aromatic carbocycles. The van der Waals surface area contributed by atoms with Crippen LogP contribution in [0.25, 0.3) is 0 Å². The summed E-state index contributed by atoms with van der Waals surface area (Å²) in [6, 6.07) is 8.13. The van der Waals surface area contributed by atoms with E-state index in [1.807, 2.05) is 23.1 Å². The molecule has 0 radical (unpaired) electrons. The molecule has 0 fully saturated rings. The minimum atomic E-state index is -0.0619. The fraction of sp³-hybridized carbons (Fsp3) is 0.500. The summed E-state index contributed by atoms with van der Waals surface area (Å²) in [5, 5.41) is 6.43. The van der Waals surface area contributed by atoms with E-state index >= 15 is 0 Å².